The first-order chi connectivity index (χ1) is 11.2. The molecule has 3 aromatic rings. The molecular weight excluding hydrogens is 312 g/mol. The van der Waals surface area contributed by atoms with Crippen molar-refractivity contribution in [3.8, 4) is 11.3 Å². The highest BCUT2D eigenvalue weighted by atomic mass is 35.5. The Labute approximate surface area is 138 Å². The minimum Gasteiger partial charge on any atom is -0.365 e. The standard InChI is InChI=1S/C16H17ClN6/c1-10-4-12(5-19-10)21-16-8-18-7-14(22-16)13-6-20-23-9-11(17)2-3-15(13)23/h2-3,6-10,12,19H,4-5H2,1H3,(H,21,22). The van der Waals surface area contributed by atoms with E-state index < -0.39 is 0 Å². The molecule has 4 rings (SSSR count). The lowest BCUT2D eigenvalue weighted by Crippen LogP contribution is -2.23. The molecule has 0 aromatic carbocycles. The quantitative estimate of drug-likeness (QED) is 0.773. The highest BCUT2D eigenvalue weighted by molar-refractivity contribution is 6.30. The highest BCUT2D eigenvalue weighted by Crippen LogP contribution is 2.24. The van der Waals surface area contributed by atoms with Crippen molar-refractivity contribution in [2.45, 2.75) is 25.4 Å². The van der Waals surface area contributed by atoms with Crippen LogP contribution < -0.4 is 10.6 Å². The number of nitrogens with zero attached hydrogens (tertiary/aromatic N) is 4. The number of hydrogen-bond donors (Lipinski definition) is 2. The fourth-order valence-electron chi connectivity index (χ4n) is 2.98. The van der Waals surface area contributed by atoms with Gasteiger partial charge in [0.05, 0.1) is 34.8 Å². The van der Waals surface area contributed by atoms with Gasteiger partial charge in [-0.25, -0.2) is 9.50 Å². The molecule has 7 heteroatoms. The fraction of sp³-hybridized carbons (Fsp3) is 0.312. The third kappa shape index (κ3) is 2.87. The second-order valence-corrected chi connectivity index (χ2v) is 6.35. The van der Waals surface area contributed by atoms with Crippen LogP contribution >= 0.6 is 11.6 Å². The maximum absolute atomic E-state index is 6.00. The van der Waals surface area contributed by atoms with Crippen molar-refractivity contribution < 1.29 is 0 Å². The van der Waals surface area contributed by atoms with Gasteiger partial charge in [0, 0.05) is 30.4 Å². The van der Waals surface area contributed by atoms with Gasteiger partial charge >= 0.3 is 0 Å². The lowest BCUT2D eigenvalue weighted by Gasteiger charge is -2.12. The van der Waals surface area contributed by atoms with Crippen molar-refractivity contribution in [3.05, 3.63) is 41.9 Å². The van der Waals surface area contributed by atoms with Gasteiger partial charge in [-0.05, 0) is 25.5 Å². The molecule has 1 fully saturated rings. The van der Waals surface area contributed by atoms with E-state index in [-0.39, 0.29) is 0 Å². The van der Waals surface area contributed by atoms with Crippen LogP contribution in [0.5, 0.6) is 0 Å². The van der Waals surface area contributed by atoms with Crippen LogP contribution in [0.25, 0.3) is 16.8 Å². The smallest absolute Gasteiger partial charge is 0.145 e. The van der Waals surface area contributed by atoms with Gasteiger partial charge in [-0.3, -0.25) is 4.98 Å². The van der Waals surface area contributed by atoms with E-state index in [2.05, 4.69) is 32.6 Å². The molecule has 1 aliphatic heterocycles. The van der Waals surface area contributed by atoms with Crippen LogP contribution in [0.1, 0.15) is 13.3 Å². The van der Waals surface area contributed by atoms with Crippen LogP contribution in [0.4, 0.5) is 5.82 Å². The average molecular weight is 329 g/mol. The Morgan fingerprint density at radius 3 is 3.04 bits per heavy atom. The first-order valence-electron chi connectivity index (χ1n) is 7.64. The Morgan fingerprint density at radius 2 is 2.22 bits per heavy atom. The van der Waals surface area contributed by atoms with Crippen LogP contribution in [0.2, 0.25) is 5.02 Å². The Balaban J connectivity index is 1.64. The molecule has 0 amide bonds. The molecule has 1 saturated heterocycles. The second-order valence-electron chi connectivity index (χ2n) is 5.91. The fourth-order valence-corrected chi connectivity index (χ4v) is 3.13. The highest BCUT2D eigenvalue weighted by Gasteiger charge is 2.20. The second kappa shape index (κ2) is 5.79. The summed E-state index contributed by atoms with van der Waals surface area (Å²) in [5.74, 6) is 0.789. The van der Waals surface area contributed by atoms with Crippen molar-refractivity contribution in [1.29, 1.82) is 0 Å². The maximum atomic E-state index is 6.00. The molecule has 6 nitrogen and oxygen atoms in total. The number of fused-ring (bicyclic) bond motifs is 1. The van der Waals surface area contributed by atoms with Crippen LogP contribution in [-0.2, 0) is 0 Å². The Bertz CT molecular complexity index is 845. The minimum absolute atomic E-state index is 0.386. The zero-order valence-corrected chi connectivity index (χ0v) is 13.5. The Hall–Kier alpha value is -2.18. The first-order valence-corrected chi connectivity index (χ1v) is 8.02. The van der Waals surface area contributed by atoms with E-state index in [0.29, 0.717) is 17.1 Å². The van der Waals surface area contributed by atoms with Crippen molar-refractivity contribution in [1.82, 2.24) is 24.9 Å². The van der Waals surface area contributed by atoms with Crippen molar-refractivity contribution in [2.24, 2.45) is 0 Å². The van der Waals surface area contributed by atoms with Crippen LogP contribution in [0.3, 0.4) is 0 Å². The molecule has 1 aliphatic rings. The average Bonchev–Trinajstić information content (AvgIpc) is 3.13. The van der Waals surface area contributed by atoms with Gasteiger partial charge in [0.15, 0.2) is 0 Å². The van der Waals surface area contributed by atoms with Crippen LogP contribution in [-0.4, -0.2) is 38.2 Å². The molecule has 4 heterocycles. The van der Waals surface area contributed by atoms with Crippen LogP contribution in [0, 0.1) is 0 Å². The summed E-state index contributed by atoms with van der Waals surface area (Å²) in [4.78, 5) is 9.01. The van der Waals surface area contributed by atoms with E-state index in [1.807, 2.05) is 12.1 Å². The predicted octanol–water partition coefficient (Wildman–Crippen LogP) is 2.61. The predicted molar refractivity (Wildman–Crippen MR) is 90.7 cm³/mol. The molecular formula is C16H17ClN6. The topological polar surface area (TPSA) is 67.1 Å². The largest absolute Gasteiger partial charge is 0.365 e. The molecule has 0 saturated carbocycles. The van der Waals surface area contributed by atoms with E-state index in [0.717, 1.165) is 35.6 Å². The molecule has 0 aliphatic carbocycles. The summed E-state index contributed by atoms with van der Waals surface area (Å²) >= 11 is 6.00. The normalized spacial score (nSPS) is 21.0. The van der Waals surface area contributed by atoms with Gasteiger partial charge in [-0.15, -0.1) is 0 Å². The van der Waals surface area contributed by atoms with Crippen molar-refractivity contribution >= 4 is 22.9 Å². The summed E-state index contributed by atoms with van der Waals surface area (Å²) in [6, 6.07) is 4.71. The van der Waals surface area contributed by atoms with E-state index in [9.17, 15) is 0 Å². The van der Waals surface area contributed by atoms with Crippen molar-refractivity contribution in [3.63, 3.8) is 0 Å². The Kier molecular flexibility index (Phi) is 3.63. The molecule has 3 aromatic heterocycles. The molecule has 2 N–H and O–H groups in total. The van der Waals surface area contributed by atoms with Gasteiger partial charge in [0.2, 0.25) is 0 Å². The van der Waals surface area contributed by atoms with Crippen LogP contribution in [0.15, 0.2) is 36.9 Å². The summed E-state index contributed by atoms with van der Waals surface area (Å²) in [6.07, 6.45) is 8.17. The van der Waals surface area contributed by atoms with E-state index in [4.69, 9.17) is 11.6 Å². The van der Waals surface area contributed by atoms with E-state index in [1.54, 1.807) is 29.3 Å². The summed E-state index contributed by atoms with van der Waals surface area (Å²) in [7, 11) is 0. The van der Waals surface area contributed by atoms with Crippen molar-refractivity contribution in [2.75, 3.05) is 11.9 Å². The van der Waals surface area contributed by atoms with Gasteiger partial charge < -0.3 is 10.6 Å². The number of anilines is 1. The monoisotopic (exact) mass is 328 g/mol. The molecule has 0 bridgehead atoms. The van der Waals surface area contributed by atoms with Gasteiger partial charge in [0.25, 0.3) is 0 Å². The number of rotatable bonds is 3. The Morgan fingerprint density at radius 1 is 1.30 bits per heavy atom. The van der Waals surface area contributed by atoms with Gasteiger partial charge in [-0.2, -0.15) is 5.10 Å². The zero-order chi connectivity index (χ0) is 15.8. The number of aromatic nitrogens is 4. The SMILES string of the molecule is CC1CC(Nc2cncc(-c3cnn4cc(Cl)ccc34)n2)CN1. The number of hydrogen-bond acceptors (Lipinski definition) is 5. The molecule has 0 radical (unpaired) electrons. The number of halogens is 1. The molecule has 2 unspecified atom stereocenters. The van der Waals surface area contributed by atoms with Gasteiger partial charge in [0.1, 0.15) is 5.82 Å². The molecule has 118 valence electrons. The zero-order valence-electron chi connectivity index (χ0n) is 12.7. The lowest BCUT2D eigenvalue weighted by molar-refractivity contribution is 0.661. The lowest BCUT2D eigenvalue weighted by atomic mass is 10.2. The van der Waals surface area contributed by atoms with E-state index >= 15 is 0 Å². The number of pyridine rings is 1. The number of nitrogens with one attached hydrogen (secondary N) is 2. The molecule has 23 heavy (non-hydrogen) atoms. The summed E-state index contributed by atoms with van der Waals surface area (Å²) in [6.45, 7) is 3.14. The summed E-state index contributed by atoms with van der Waals surface area (Å²) in [5, 5.41) is 11.9. The molecule has 0 spiro atoms. The first kappa shape index (κ1) is 14.4. The van der Waals surface area contributed by atoms with E-state index in [1.165, 1.54) is 0 Å². The third-order valence-electron chi connectivity index (χ3n) is 4.09. The van der Waals surface area contributed by atoms with Gasteiger partial charge in [-0.1, -0.05) is 11.6 Å². The molecule has 2 atom stereocenters. The maximum Gasteiger partial charge on any atom is 0.145 e. The minimum atomic E-state index is 0.386. The third-order valence-corrected chi connectivity index (χ3v) is 4.32. The summed E-state index contributed by atoms with van der Waals surface area (Å²) in [5.41, 5.74) is 2.69. The summed E-state index contributed by atoms with van der Waals surface area (Å²) < 4.78 is 1.75.